The van der Waals surface area contributed by atoms with E-state index in [0.717, 1.165) is 37.5 Å². The van der Waals surface area contributed by atoms with Crippen molar-refractivity contribution in [1.29, 1.82) is 0 Å². The normalized spacial score (nSPS) is 23.3. The van der Waals surface area contributed by atoms with Gasteiger partial charge in [-0.1, -0.05) is 110 Å². The van der Waals surface area contributed by atoms with Crippen LogP contribution >= 0.6 is 0 Å². The van der Waals surface area contributed by atoms with Gasteiger partial charge in [0.25, 0.3) is 0 Å². The number of nitrogens with one attached hydrogen (secondary N) is 1. The number of ether oxygens (including phenoxy) is 1. The van der Waals surface area contributed by atoms with Gasteiger partial charge in [-0.2, -0.15) is 0 Å². The number of carbonyl (C=O) groups excluding carboxylic acids is 2. The molecule has 0 radical (unpaired) electrons. The van der Waals surface area contributed by atoms with Crippen molar-refractivity contribution in [3.8, 4) is 0 Å². The van der Waals surface area contributed by atoms with Crippen molar-refractivity contribution in [2.45, 2.75) is 154 Å². The second kappa shape index (κ2) is 16.1. The lowest BCUT2D eigenvalue weighted by Gasteiger charge is -2.46. The van der Waals surface area contributed by atoms with Crippen molar-refractivity contribution >= 4 is 11.8 Å². The van der Waals surface area contributed by atoms with Crippen LogP contribution in [0.1, 0.15) is 149 Å². The maximum Gasteiger partial charge on any atom is 0.326 e. The van der Waals surface area contributed by atoms with Gasteiger partial charge in [-0.05, 0) is 86.0 Å². The third-order valence-electron chi connectivity index (χ3n) is 9.76. The zero-order valence-electron chi connectivity index (χ0n) is 29.8. The number of rotatable bonds is 12. The van der Waals surface area contributed by atoms with Crippen LogP contribution in [0.3, 0.4) is 0 Å². The lowest BCUT2D eigenvalue weighted by atomic mass is 9.58. The Bertz CT molecular complexity index is 741. The Labute approximate surface area is 250 Å². The average molecular weight is 566 g/mol. The first-order chi connectivity index (χ1) is 18.1. The average Bonchev–Trinajstić information content (AvgIpc) is 2.80. The Morgan fingerprint density at radius 1 is 0.850 bits per heavy atom. The van der Waals surface area contributed by atoms with Crippen molar-refractivity contribution in [3.63, 3.8) is 0 Å². The van der Waals surface area contributed by atoms with Gasteiger partial charge < -0.3 is 10.1 Å². The van der Waals surface area contributed by atoms with E-state index in [-0.39, 0.29) is 22.2 Å². The fourth-order valence-electron chi connectivity index (χ4n) is 6.89. The van der Waals surface area contributed by atoms with E-state index in [2.05, 4.69) is 88.4 Å². The van der Waals surface area contributed by atoms with Gasteiger partial charge in [0.2, 0.25) is 0 Å². The molecule has 0 bridgehead atoms. The van der Waals surface area contributed by atoms with Crippen LogP contribution in [-0.4, -0.2) is 30.9 Å². The first-order valence-corrected chi connectivity index (χ1v) is 16.5. The van der Waals surface area contributed by atoms with Gasteiger partial charge in [-0.15, -0.1) is 0 Å². The van der Waals surface area contributed by atoms with E-state index in [1.165, 1.54) is 19.3 Å². The van der Waals surface area contributed by atoms with E-state index in [0.29, 0.717) is 36.1 Å². The number of esters is 1. The summed E-state index contributed by atoms with van der Waals surface area (Å²) in [7, 11) is 1.81. The van der Waals surface area contributed by atoms with Crippen LogP contribution in [-0.2, 0) is 14.3 Å². The molecule has 40 heavy (non-hydrogen) atoms. The highest BCUT2D eigenvalue weighted by Crippen LogP contribution is 2.49. The molecule has 1 rings (SSSR count). The molecular formula is C36H71NO3. The number of ketones is 1. The zero-order chi connectivity index (χ0) is 31.7. The summed E-state index contributed by atoms with van der Waals surface area (Å²) in [5.74, 6) is 4.16. The van der Waals surface area contributed by atoms with Gasteiger partial charge in [0, 0.05) is 11.8 Å². The molecule has 4 atom stereocenters. The molecule has 0 aliphatic heterocycles. The van der Waals surface area contributed by atoms with E-state index in [1.807, 2.05) is 27.8 Å². The van der Waals surface area contributed by atoms with E-state index in [4.69, 9.17) is 4.74 Å². The molecule has 4 unspecified atom stereocenters. The van der Waals surface area contributed by atoms with Crippen LogP contribution in [0.5, 0.6) is 0 Å². The molecule has 1 saturated carbocycles. The maximum absolute atomic E-state index is 13.5. The van der Waals surface area contributed by atoms with Crippen molar-refractivity contribution in [1.82, 2.24) is 5.32 Å². The standard InChI is InChI=1S/C23H44O.C13H27NO2/c1-10-14-23(9,22(6,7)8)21(24)15-20-18(16(2)3)12-11-13-19(20)17(4)5;1-10(2)8-16-11(15)13(6,14-7)9-12(3,4)5/h16-20H,10-15H2,1-9H3;10,14H,8-9H2,1-7H3. The van der Waals surface area contributed by atoms with E-state index in [1.54, 1.807) is 0 Å². The van der Waals surface area contributed by atoms with Crippen LogP contribution in [0, 0.1) is 51.8 Å². The molecule has 0 amide bonds. The topological polar surface area (TPSA) is 55.4 Å². The first kappa shape index (κ1) is 39.1. The molecular weight excluding hydrogens is 494 g/mol. The van der Waals surface area contributed by atoms with Crippen molar-refractivity contribution in [2.24, 2.45) is 51.8 Å². The summed E-state index contributed by atoms with van der Waals surface area (Å²) < 4.78 is 5.30. The largest absolute Gasteiger partial charge is 0.464 e. The Hall–Kier alpha value is -0.900. The summed E-state index contributed by atoms with van der Waals surface area (Å²) in [6.07, 6.45) is 7.65. The number of Topliss-reactive ketones (excluding diaryl/α,β-unsaturated/α-hetero) is 1. The van der Waals surface area contributed by atoms with E-state index >= 15 is 0 Å². The molecule has 1 fully saturated rings. The summed E-state index contributed by atoms with van der Waals surface area (Å²) in [4.78, 5) is 25.5. The molecule has 0 aromatic carbocycles. The summed E-state index contributed by atoms with van der Waals surface area (Å²) in [6.45, 7) is 33.5. The zero-order valence-corrected chi connectivity index (χ0v) is 29.8. The van der Waals surface area contributed by atoms with Gasteiger partial charge in [0.15, 0.2) is 0 Å². The van der Waals surface area contributed by atoms with Crippen LogP contribution < -0.4 is 5.32 Å². The smallest absolute Gasteiger partial charge is 0.326 e. The highest BCUT2D eigenvalue weighted by Gasteiger charge is 2.46. The summed E-state index contributed by atoms with van der Waals surface area (Å²) in [5.41, 5.74) is -0.653. The Kier molecular flexibility index (Phi) is 15.7. The predicted molar refractivity (Wildman–Crippen MR) is 173 cm³/mol. The number of carbonyl (C=O) groups is 2. The van der Waals surface area contributed by atoms with Gasteiger partial charge in [0.1, 0.15) is 11.3 Å². The molecule has 0 aromatic heterocycles. The molecule has 1 aliphatic rings. The third-order valence-corrected chi connectivity index (χ3v) is 9.76. The molecule has 0 aromatic rings. The Morgan fingerprint density at radius 3 is 1.65 bits per heavy atom. The minimum Gasteiger partial charge on any atom is -0.464 e. The van der Waals surface area contributed by atoms with Crippen molar-refractivity contribution in [3.05, 3.63) is 0 Å². The van der Waals surface area contributed by atoms with E-state index in [9.17, 15) is 9.59 Å². The highest BCUT2D eigenvalue weighted by atomic mass is 16.5. The summed E-state index contributed by atoms with van der Waals surface area (Å²) >= 11 is 0. The lowest BCUT2D eigenvalue weighted by Crippen LogP contribution is -2.51. The van der Waals surface area contributed by atoms with Gasteiger partial charge in [-0.25, -0.2) is 0 Å². The van der Waals surface area contributed by atoms with Crippen molar-refractivity contribution < 1.29 is 14.3 Å². The molecule has 0 heterocycles. The second-order valence-corrected chi connectivity index (χ2v) is 16.7. The van der Waals surface area contributed by atoms with Crippen LogP contribution in [0.2, 0.25) is 0 Å². The minimum absolute atomic E-state index is 0.0371. The summed E-state index contributed by atoms with van der Waals surface area (Å²) in [6, 6.07) is 0. The molecule has 0 saturated heterocycles. The quantitative estimate of drug-likeness (QED) is 0.239. The first-order valence-electron chi connectivity index (χ1n) is 16.5. The van der Waals surface area contributed by atoms with Gasteiger partial charge in [0.05, 0.1) is 6.61 Å². The Balaban J connectivity index is 0.000000829. The number of hydrogen-bond donors (Lipinski definition) is 1. The number of likely N-dealkylation sites (N-methyl/N-ethyl adjacent to an activating group) is 1. The van der Waals surface area contributed by atoms with Crippen LogP contribution in [0.15, 0.2) is 0 Å². The Morgan fingerprint density at radius 2 is 1.32 bits per heavy atom. The lowest BCUT2D eigenvalue weighted by molar-refractivity contribution is -0.153. The molecule has 1 aliphatic carbocycles. The SMILES string of the molecule is CCCC(C)(C(=O)CC1C(C(C)C)CCCC1C(C)C)C(C)(C)C.CNC(C)(CC(C)(C)C)C(=O)OCC(C)C. The highest BCUT2D eigenvalue weighted by molar-refractivity contribution is 5.85. The fourth-order valence-corrected chi connectivity index (χ4v) is 6.89. The molecule has 0 spiro atoms. The fraction of sp³-hybridized carbons (Fsp3) is 0.944. The van der Waals surface area contributed by atoms with Gasteiger partial charge in [-0.3, -0.25) is 9.59 Å². The molecule has 4 nitrogen and oxygen atoms in total. The monoisotopic (exact) mass is 566 g/mol. The maximum atomic E-state index is 13.5. The van der Waals surface area contributed by atoms with E-state index < -0.39 is 5.54 Å². The van der Waals surface area contributed by atoms with Gasteiger partial charge >= 0.3 is 5.97 Å². The third kappa shape index (κ3) is 11.8. The predicted octanol–water partition coefficient (Wildman–Crippen LogP) is 9.74. The van der Waals surface area contributed by atoms with Crippen molar-refractivity contribution in [2.75, 3.05) is 13.7 Å². The molecule has 4 heteroatoms. The van der Waals surface area contributed by atoms with Crippen LogP contribution in [0.25, 0.3) is 0 Å². The minimum atomic E-state index is -0.590. The number of hydrogen-bond acceptors (Lipinski definition) is 4. The van der Waals surface area contributed by atoms with Crippen LogP contribution in [0.4, 0.5) is 0 Å². The molecule has 238 valence electrons. The molecule has 1 N–H and O–H groups in total. The second-order valence-electron chi connectivity index (χ2n) is 16.7. The summed E-state index contributed by atoms with van der Waals surface area (Å²) in [5, 5.41) is 3.08.